The van der Waals surface area contributed by atoms with Crippen LogP contribution in [0.15, 0.2) is 24.3 Å². The Labute approximate surface area is 89.5 Å². The summed E-state index contributed by atoms with van der Waals surface area (Å²) in [5, 5.41) is 1.12. The summed E-state index contributed by atoms with van der Waals surface area (Å²) >= 11 is 3.46. The molecule has 1 unspecified atom stereocenters. The molecule has 1 atom stereocenters. The van der Waals surface area contributed by atoms with E-state index < -0.39 is 0 Å². The monoisotopic (exact) mass is 239 g/mol. The van der Waals surface area contributed by atoms with E-state index in [0.29, 0.717) is 0 Å². The minimum atomic E-state index is 0.774. The molecule has 0 aliphatic carbocycles. The van der Waals surface area contributed by atoms with Crippen molar-refractivity contribution in [2.45, 2.75) is 26.2 Å². The molecule has 0 nitrogen and oxygen atoms in total. The number of hydrogen-bond donors (Lipinski definition) is 0. The molecule has 0 spiro atoms. The largest absolute Gasteiger partial charge is 0.0928 e. The van der Waals surface area contributed by atoms with Gasteiger partial charge in [0.25, 0.3) is 0 Å². The first-order chi connectivity index (χ1) is 6.33. The zero-order valence-corrected chi connectivity index (χ0v) is 9.68. The second-order valence-electron chi connectivity index (χ2n) is 3.53. The number of alkyl halides is 1. The predicted octanol–water partition coefficient (Wildman–Crippen LogP) is 3.84. The lowest BCUT2D eigenvalue weighted by Gasteiger charge is -2.09. The van der Waals surface area contributed by atoms with Gasteiger partial charge in [-0.3, -0.25) is 0 Å². The molecule has 13 heavy (non-hydrogen) atoms. The third-order valence-electron chi connectivity index (χ3n) is 2.17. The quantitative estimate of drug-likeness (QED) is 0.686. The van der Waals surface area contributed by atoms with Gasteiger partial charge < -0.3 is 0 Å². The van der Waals surface area contributed by atoms with Crippen molar-refractivity contribution in [1.29, 1.82) is 0 Å². The van der Waals surface area contributed by atoms with Gasteiger partial charge in [0.05, 0.1) is 0 Å². The van der Waals surface area contributed by atoms with Crippen molar-refractivity contribution in [3.63, 3.8) is 0 Å². The maximum atomic E-state index is 3.46. The molecule has 1 heteroatoms. The zero-order chi connectivity index (χ0) is 9.52. The number of hydrogen-bond acceptors (Lipinski definition) is 0. The summed E-state index contributed by atoms with van der Waals surface area (Å²) in [7, 11) is 0. The average molecular weight is 240 g/mol. The first-order valence-corrected chi connectivity index (χ1v) is 5.96. The molecule has 1 aromatic carbocycles. The third-order valence-corrected chi connectivity index (χ3v) is 2.73. The Morgan fingerprint density at radius 3 is 2.92 bits per heavy atom. The van der Waals surface area contributed by atoms with Gasteiger partial charge in [-0.25, -0.2) is 0 Å². The molecule has 0 heterocycles. The Balaban J connectivity index is 2.32. The van der Waals surface area contributed by atoms with E-state index in [1.165, 1.54) is 18.4 Å². The second-order valence-corrected chi connectivity index (χ2v) is 4.32. The van der Waals surface area contributed by atoms with E-state index in [9.17, 15) is 0 Å². The molecule has 0 N–H and O–H groups in total. The van der Waals surface area contributed by atoms with Gasteiger partial charge in [-0.2, -0.15) is 0 Å². The minimum absolute atomic E-state index is 0.774. The lowest BCUT2D eigenvalue weighted by atomic mass is 9.97. The molecule has 71 valence electrons. The van der Waals surface area contributed by atoms with Crippen molar-refractivity contribution in [3.05, 3.63) is 35.9 Å². The third kappa shape index (κ3) is 4.47. The predicted molar refractivity (Wildman–Crippen MR) is 61.2 cm³/mol. The second kappa shape index (κ2) is 6.20. The Bertz CT molecular complexity index is 218. The summed E-state index contributed by atoms with van der Waals surface area (Å²) in [6.07, 6.45) is 3.73. The van der Waals surface area contributed by atoms with Crippen LogP contribution in [-0.2, 0) is 6.42 Å². The van der Waals surface area contributed by atoms with Gasteiger partial charge in [-0.1, -0.05) is 47.1 Å². The van der Waals surface area contributed by atoms with Gasteiger partial charge in [-0.05, 0) is 36.8 Å². The molecular weight excluding hydrogens is 224 g/mol. The topological polar surface area (TPSA) is 0 Å². The summed E-state index contributed by atoms with van der Waals surface area (Å²) in [6.45, 7) is 2.31. The summed E-state index contributed by atoms with van der Waals surface area (Å²) < 4.78 is 0. The smallest absolute Gasteiger partial charge is 0.00314 e. The van der Waals surface area contributed by atoms with Crippen molar-refractivity contribution in [2.75, 3.05) is 5.33 Å². The van der Waals surface area contributed by atoms with Crippen LogP contribution in [0, 0.1) is 12.0 Å². The van der Waals surface area contributed by atoms with Gasteiger partial charge in [0.1, 0.15) is 0 Å². The van der Waals surface area contributed by atoms with E-state index in [2.05, 4.69) is 41.1 Å². The summed E-state index contributed by atoms with van der Waals surface area (Å²) in [4.78, 5) is 0. The fourth-order valence-electron chi connectivity index (χ4n) is 1.46. The van der Waals surface area contributed by atoms with E-state index in [0.717, 1.165) is 17.7 Å². The Kier molecular flexibility index (Phi) is 5.14. The molecular formula is C12H16Br. The van der Waals surface area contributed by atoms with Crippen LogP contribution in [0.2, 0.25) is 0 Å². The molecule has 0 amide bonds. The van der Waals surface area contributed by atoms with Crippen LogP contribution in [0.5, 0.6) is 0 Å². The minimum Gasteiger partial charge on any atom is -0.0928 e. The molecule has 0 saturated heterocycles. The van der Waals surface area contributed by atoms with Crippen molar-refractivity contribution in [2.24, 2.45) is 5.92 Å². The summed E-state index contributed by atoms with van der Waals surface area (Å²) in [5.41, 5.74) is 1.34. The van der Waals surface area contributed by atoms with E-state index in [1.807, 2.05) is 12.1 Å². The summed E-state index contributed by atoms with van der Waals surface area (Å²) in [5.74, 6) is 0.774. The van der Waals surface area contributed by atoms with Crippen LogP contribution in [-0.4, -0.2) is 5.33 Å². The van der Waals surface area contributed by atoms with Crippen molar-refractivity contribution < 1.29 is 0 Å². The maximum absolute atomic E-state index is 3.46. The van der Waals surface area contributed by atoms with Gasteiger partial charge in [-0.15, -0.1) is 0 Å². The van der Waals surface area contributed by atoms with Gasteiger partial charge in [0, 0.05) is 5.33 Å². The highest BCUT2D eigenvalue weighted by molar-refractivity contribution is 9.09. The van der Waals surface area contributed by atoms with E-state index in [1.54, 1.807) is 0 Å². The van der Waals surface area contributed by atoms with E-state index in [-0.39, 0.29) is 0 Å². The zero-order valence-electron chi connectivity index (χ0n) is 8.09. The molecule has 1 aromatic rings. The van der Waals surface area contributed by atoms with Crippen LogP contribution >= 0.6 is 15.9 Å². The molecule has 0 aliphatic heterocycles. The standard InChI is InChI=1S/C12H16Br/c1-11(6-5-9-13)10-12-7-3-2-4-8-12/h2-4,7,11H,5-6,9-10H2,1H3. The van der Waals surface area contributed by atoms with Crippen LogP contribution in [0.4, 0.5) is 0 Å². The molecule has 0 saturated carbocycles. The molecule has 0 bridgehead atoms. The summed E-state index contributed by atoms with van der Waals surface area (Å²) in [6, 6.07) is 11.5. The molecule has 0 aromatic heterocycles. The number of halogens is 1. The van der Waals surface area contributed by atoms with Gasteiger partial charge in [0.15, 0.2) is 0 Å². The lowest BCUT2D eigenvalue weighted by molar-refractivity contribution is 0.525. The van der Waals surface area contributed by atoms with Crippen molar-refractivity contribution >= 4 is 15.9 Å². The maximum Gasteiger partial charge on any atom is 0.00314 e. The van der Waals surface area contributed by atoms with Crippen LogP contribution in [0.25, 0.3) is 0 Å². The van der Waals surface area contributed by atoms with Gasteiger partial charge >= 0.3 is 0 Å². The van der Waals surface area contributed by atoms with Crippen LogP contribution in [0.3, 0.4) is 0 Å². The number of rotatable bonds is 5. The Morgan fingerprint density at radius 1 is 1.46 bits per heavy atom. The highest BCUT2D eigenvalue weighted by Crippen LogP contribution is 2.13. The molecule has 1 rings (SSSR count). The molecule has 0 fully saturated rings. The lowest BCUT2D eigenvalue weighted by Crippen LogP contribution is -1.99. The number of benzene rings is 1. The fourth-order valence-corrected chi connectivity index (χ4v) is 1.78. The van der Waals surface area contributed by atoms with Crippen molar-refractivity contribution in [3.8, 4) is 0 Å². The van der Waals surface area contributed by atoms with Crippen LogP contribution < -0.4 is 0 Å². The van der Waals surface area contributed by atoms with Crippen LogP contribution in [0.1, 0.15) is 25.3 Å². The first-order valence-electron chi connectivity index (χ1n) is 4.84. The average Bonchev–Trinajstić information content (AvgIpc) is 2.16. The fraction of sp³-hybridized carbons (Fsp3) is 0.500. The van der Waals surface area contributed by atoms with Gasteiger partial charge in [0.2, 0.25) is 0 Å². The van der Waals surface area contributed by atoms with E-state index >= 15 is 0 Å². The molecule has 1 radical (unpaired) electrons. The normalized spacial score (nSPS) is 12.8. The Morgan fingerprint density at radius 2 is 2.31 bits per heavy atom. The SMILES string of the molecule is CC(CCCBr)Cc1[c]cccc1. The Hall–Kier alpha value is -0.300. The highest BCUT2D eigenvalue weighted by atomic mass is 79.9. The highest BCUT2D eigenvalue weighted by Gasteiger charge is 2.02. The van der Waals surface area contributed by atoms with Crippen molar-refractivity contribution in [1.82, 2.24) is 0 Å². The van der Waals surface area contributed by atoms with E-state index in [4.69, 9.17) is 0 Å². The molecule has 0 aliphatic rings. The first kappa shape index (κ1) is 10.8.